The molecule has 31 heavy (non-hydrogen) atoms. The van der Waals surface area contributed by atoms with Gasteiger partial charge in [-0.3, -0.25) is 0 Å². The van der Waals surface area contributed by atoms with E-state index in [9.17, 15) is 0 Å². The predicted octanol–water partition coefficient (Wildman–Crippen LogP) is 6.27. The molecule has 3 aromatic carbocycles. The lowest BCUT2D eigenvalue weighted by Crippen LogP contribution is -2.06. The minimum Gasteiger partial charge on any atom is -0.493 e. The number of methoxy groups -OCH3 is 2. The smallest absolute Gasteiger partial charge is 0.161 e. The Morgan fingerprint density at radius 2 is 1.55 bits per heavy atom. The maximum absolute atomic E-state index is 6.03. The second-order valence-corrected chi connectivity index (χ2v) is 9.27. The number of ether oxygens (including phenoxy) is 3. The highest BCUT2D eigenvalue weighted by Crippen LogP contribution is 2.30. The van der Waals surface area contributed by atoms with E-state index < -0.39 is 0 Å². The van der Waals surface area contributed by atoms with E-state index in [0.29, 0.717) is 24.7 Å². The molecule has 0 bridgehead atoms. The summed E-state index contributed by atoms with van der Waals surface area (Å²) in [4.78, 5) is 0. The van der Waals surface area contributed by atoms with Crippen molar-refractivity contribution < 1.29 is 14.2 Å². The van der Waals surface area contributed by atoms with Crippen LogP contribution in [0.5, 0.6) is 17.2 Å². The lowest BCUT2D eigenvalue weighted by molar-refractivity contribution is 0.302. The van der Waals surface area contributed by atoms with E-state index in [1.807, 2.05) is 54.6 Å². The van der Waals surface area contributed by atoms with Crippen molar-refractivity contribution in [1.29, 1.82) is 0 Å². The Bertz CT molecular complexity index is 1040. The second-order valence-electron chi connectivity index (χ2n) is 6.51. The molecule has 0 radical (unpaired) electrons. The first-order valence-corrected chi connectivity index (χ1v) is 11.9. The van der Waals surface area contributed by atoms with Crippen LogP contribution < -0.4 is 19.6 Å². The number of nitrogens with zero attached hydrogens (tertiary/aromatic N) is 1. The lowest BCUT2D eigenvalue weighted by atomic mass is 10.2. The van der Waals surface area contributed by atoms with E-state index in [1.165, 1.54) is 0 Å². The number of halogens is 3. The molecule has 0 heterocycles. The van der Waals surface area contributed by atoms with Crippen molar-refractivity contribution in [2.75, 3.05) is 14.2 Å². The van der Waals surface area contributed by atoms with Gasteiger partial charge in [-0.25, -0.2) is 0 Å². The van der Waals surface area contributed by atoms with Crippen molar-refractivity contribution in [2.45, 2.75) is 13.2 Å². The molecule has 0 aliphatic carbocycles. The molecule has 0 saturated carbocycles. The van der Waals surface area contributed by atoms with Gasteiger partial charge in [0.05, 0.1) is 34.1 Å². The van der Waals surface area contributed by atoms with Gasteiger partial charge >= 0.3 is 0 Å². The summed E-state index contributed by atoms with van der Waals surface area (Å²) in [7, 11) is 3.25. The summed E-state index contributed by atoms with van der Waals surface area (Å²) in [6.07, 6.45) is 1.80. The molecule has 0 spiro atoms. The molecule has 5 nitrogen and oxygen atoms in total. The molecule has 0 saturated heterocycles. The third kappa shape index (κ3) is 6.88. The highest BCUT2D eigenvalue weighted by atomic mass is 127. The van der Waals surface area contributed by atoms with Crippen LogP contribution in [0.1, 0.15) is 16.7 Å². The quantitative estimate of drug-likeness (QED) is 0.167. The summed E-state index contributed by atoms with van der Waals surface area (Å²) < 4.78 is 18.7. The highest BCUT2D eigenvalue weighted by molar-refractivity contribution is 14.1. The molecule has 0 aromatic heterocycles. The van der Waals surface area contributed by atoms with Gasteiger partial charge in [0.2, 0.25) is 0 Å². The zero-order chi connectivity index (χ0) is 22.2. The number of benzene rings is 3. The average molecular weight is 663 g/mol. The Morgan fingerprint density at radius 3 is 2.19 bits per heavy atom. The predicted molar refractivity (Wildman–Crippen MR) is 142 cm³/mol. The van der Waals surface area contributed by atoms with Crippen molar-refractivity contribution in [2.24, 2.45) is 5.10 Å². The maximum Gasteiger partial charge on any atom is 0.161 e. The van der Waals surface area contributed by atoms with Gasteiger partial charge < -0.3 is 19.6 Å². The molecule has 1 N–H and O–H groups in total. The summed E-state index contributed by atoms with van der Waals surface area (Å²) in [5.74, 6) is 2.27. The normalized spacial score (nSPS) is 10.9. The van der Waals surface area contributed by atoms with E-state index in [1.54, 1.807) is 20.4 Å². The van der Waals surface area contributed by atoms with E-state index in [4.69, 9.17) is 25.8 Å². The lowest BCUT2D eigenvalue weighted by Gasteiger charge is -2.11. The third-order valence-corrected chi connectivity index (χ3v) is 6.21. The van der Waals surface area contributed by atoms with E-state index >= 15 is 0 Å². The number of hydrazone groups is 1. The third-order valence-electron chi connectivity index (χ3n) is 4.35. The van der Waals surface area contributed by atoms with Crippen molar-refractivity contribution in [3.05, 3.63) is 83.5 Å². The fourth-order valence-electron chi connectivity index (χ4n) is 2.78. The van der Waals surface area contributed by atoms with Crippen LogP contribution in [-0.2, 0) is 13.2 Å². The van der Waals surface area contributed by atoms with Gasteiger partial charge in [-0.05, 0) is 98.3 Å². The zero-order valence-corrected chi connectivity index (χ0v) is 22.1. The van der Waals surface area contributed by atoms with Gasteiger partial charge in [0.1, 0.15) is 12.4 Å². The summed E-state index contributed by atoms with van der Waals surface area (Å²) in [6.45, 7) is 1.07. The number of rotatable bonds is 9. The van der Waals surface area contributed by atoms with Gasteiger partial charge in [-0.2, -0.15) is 5.10 Å². The molecular formula is C23H21ClI2N2O3. The average Bonchev–Trinajstić information content (AvgIpc) is 2.77. The number of nitrogens with one attached hydrogen (secondary N) is 1. The largest absolute Gasteiger partial charge is 0.493 e. The Balaban J connectivity index is 1.59. The summed E-state index contributed by atoms with van der Waals surface area (Å²) in [5.41, 5.74) is 6.18. The minimum atomic E-state index is 0.490. The topological polar surface area (TPSA) is 52.1 Å². The van der Waals surface area contributed by atoms with Crippen LogP contribution in [-0.4, -0.2) is 20.4 Å². The van der Waals surface area contributed by atoms with Crippen molar-refractivity contribution in [3.63, 3.8) is 0 Å². The van der Waals surface area contributed by atoms with Crippen LogP contribution in [0.3, 0.4) is 0 Å². The number of hydrogen-bond donors (Lipinski definition) is 1. The maximum atomic E-state index is 6.03. The molecule has 0 amide bonds. The first-order chi connectivity index (χ1) is 15.0. The van der Waals surface area contributed by atoms with Crippen LogP contribution in [0.15, 0.2) is 59.7 Å². The molecule has 3 aromatic rings. The molecule has 0 aliphatic rings. The highest BCUT2D eigenvalue weighted by Gasteiger charge is 2.09. The van der Waals surface area contributed by atoms with Gasteiger partial charge in [0.25, 0.3) is 0 Å². The van der Waals surface area contributed by atoms with Crippen LogP contribution in [0.25, 0.3) is 0 Å². The van der Waals surface area contributed by atoms with Gasteiger partial charge in [-0.1, -0.05) is 29.8 Å². The first kappa shape index (κ1) is 23.9. The summed E-state index contributed by atoms with van der Waals surface area (Å²) in [5, 5.41) is 5.06. The Hall–Kier alpha value is -1.72. The molecule has 0 aliphatic heterocycles. The van der Waals surface area contributed by atoms with E-state index in [0.717, 1.165) is 34.6 Å². The van der Waals surface area contributed by atoms with Crippen molar-refractivity contribution >= 4 is 63.0 Å². The summed E-state index contributed by atoms with van der Waals surface area (Å²) >= 11 is 10.5. The first-order valence-electron chi connectivity index (χ1n) is 9.33. The van der Waals surface area contributed by atoms with Crippen molar-refractivity contribution in [1.82, 2.24) is 5.43 Å². The number of hydrogen-bond acceptors (Lipinski definition) is 5. The van der Waals surface area contributed by atoms with Crippen LogP contribution in [0.2, 0.25) is 5.02 Å². The Labute approximate surface area is 214 Å². The summed E-state index contributed by atoms with van der Waals surface area (Å²) in [6, 6.07) is 17.5. The zero-order valence-electron chi connectivity index (χ0n) is 17.0. The molecule has 8 heteroatoms. The van der Waals surface area contributed by atoms with Gasteiger partial charge in [0.15, 0.2) is 11.5 Å². The Morgan fingerprint density at radius 1 is 0.903 bits per heavy atom. The van der Waals surface area contributed by atoms with E-state index in [2.05, 4.69) is 55.7 Å². The monoisotopic (exact) mass is 662 g/mol. The fraction of sp³-hybridized carbons (Fsp3) is 0.174. The van der Waals surface area contributed by atoms with Gasteiger partial charge in [0, 0.05) is 5.02 Å². The van der Waals surface area contributed by atoms with Crippen LogP contribution >= 0.6 is 56.8 Å². The standard InChI is InChI=1S/C23H21ClI2N2O3/c1-29-21-8-5-16(11-22(21)30-2)12-27-28-13-17-9-19(25)23(20(26)10-17)31-14-15-3-6-18(24)7-4-15/h3-11,13,27H,12,14H2,1-2H3/b28-13+. The molecule has 0 atom stereocenters. The molecule has 162 valence electrons. The molecule has 3 rings (SSSR count). The van der Waals surface area contributed by atoms with E-state index in [-0.39, 0.29) is 0 Å². The molecule has 0 unspecified atom stereocenters. The fourth-order valence-corrected chi connectivity index (χ4v) is 5.03. The van der Waals surface area contributed by atoms with Crippen LogP contribution in [0.4, 0.5) is 0 Å². The van der Waals surface area contributed by atoms with Gasteiger partial charge in [-0.15, -0.1) is 0 Å². The van der Waals surface area contributed by atoms with Crippen LogP contribution in [0, 0.1) is 7.14 Å². The second kappa shape index (κ2) is 11.8. The minimum absolute atomic E-state index is 0.490. The Kier molecular flexibility index (Phi) is 9.09. The SMILES string of the molecule is COc1ccc(CN/N=C/c2cc(I)c(OCc3ccc(Cl)cc3)c(I)c2)cc1OC. The van der Waals surface area contributed by atoms with Crippen molar-refractivity contribution in [3.8, 4) is 17.2 Å². The molecular weight excluding hydrogens is 642 g/mol. The molecule has 0 fully saturated rings.